The first-order chi connectivity index (χ1) is 6.72. The van der Waals surface area contributed by atoms with Gasteiger partial charge in [-0.3, -0.25) is 4.79 Å². The maximum absolute atomic E-state index is 11.4. The van der Waals surface area contributed by atoms with Crippen molar-refractivity contribution < 1.29 is 4.79 Å². The van der Waals surface area contributed by atoms with Crippen molar-refractivity contribution in [3.63, 3.8) is 0 Å². The SMILES string of the molecule is CCCCC(=O)Cc1ccc(N)cc1. The molecule has 0 heterocycles. The number of benzene rings is 1. The molecule has 0 aliphatic rings. The highest BCUT2D eigenvalue weighted by molar-refractivity contribution is 5.80. The smallest absolute Gasteiger partial charge is 0.137 e. The number of nitrogens with two attached hydrogens (primary N) is 1. The van der Waals surface area contributed by atoms with Crippen LogP contribution in [0.4, 0.5) is 5.69 Å². The Labute approximate surface area is 85.1 Å². The Balaban J connectivity index is 2.44. The minimum Gasteiger partial charge on any atom is -0.399 e. The maximum Gasteiger partial charge on any atom is 0.137 e. The molecule has 1 aromatic rings. The molecule has 76 valence electrons. The van der Waals surface area contributed by atoms with E-state index in [2.05, 4.69) is 6.92 Å². The normalized spacial score (nSPS) is 10.1. The lowest BCUT2D eigenvalue weighted by molar-refractivity contribution is -0.118. The van der Waals surface area contributed by atoms with Crippen molar-refractivity contribution in [2.24, 2.45) is 0 Å². The summed E-state index contributed by atoms with van der Waals surface area (Å²) in [5, 5.41) is 0. The molecule has 0 aliphatic heterocycles. The summed E-state index contributed by atoms with van der Waals surface area (Å²) in [4.78, 5) is 11.4. The van der Waals surface area contributed by atoms with E-state index in [9.17, 15) is 4.79 Å². The molecule has 1 rings (SSSR count). The second-order valence-corrected chi connectivity index (χ2v) is 3.56. The number of rotatable bonds is 5. The molecule has 0 radical (unpaired) electrons. The number of Topliss-reactive ketones (excluding diaryl/α,β-unsaturated/α-hetero) is 1. The van der Waals surface area contributed by atoms with E-state index >= 15 is 0 Å². The summed E-state index contributed by atoms with van der Waals surface area (Å²) in [5.74, 6) is 0.316. The summed E-state index contributed by atoms with van der Waals surface area (Å²) in [7, 11) is 0. The van der Waals surface area contributed by atoms with Gasteiger partial charge in [-0.1, -0.05) is 25.5 Å². The third-order valence-corrected chi connectivity index (χ3v) is 2.19. The first-order valence-corrected chi connectivity index (χ1v) is 5.08. The Morgan fingerprint density at radius 1 is 1.29 bits per heavy atom. The summed E-state index contributed by atoms with van der Waals surface area (Å²) in [6, 6.07) is 7.50. The van der Waals surface area contributed by atoms with Gasteiger partial charge >= 0.3 is 0 Å². The van der Waals surface area contributed by atoms with Gasteiger partial charge in [-0.2, -0.15) is 0 Å². The lowest BCUT2D eigenvalue weighted by Gasteiger charge is -2.00. The summed E-state index contributed by atoms with van der Waals surface area (Å²) >= 11 is 0. The molecule has 0 aliphatic carbocycles. The van der Waals surface area contributed by atoms with Crippen LogP contribution in [0.15, 0.2) is 24.3 Å². The van der Waals surface area contributed by atoms with Crippen LogP contribution in [0.5, 0.6) is 0 Å². The van der Waals surface area contributed by atoms with Gasteiger partial charge in [0.25, 0.3) is 0 Å². The Hall–Kier alpha value is -1.31. The second-order valence-electron chi connectivity index (χ2n) is 3.56. The van der Waals surface area contributed by atoms with Gasteiger partial charge in [0, 0.05) is 18.5 Å². The van der Waals surface area contributed by atoms with E-state index in [0.29, 0.717) is 18.6 Å². The number of carbonyl (C=O) groups is 1. The number of unbranched alkanes of at least 4 members (excludes halogenated alkanes) is 1. The number of hydrogen-bond acceptors (Lipinski definition) is 2. The zero-order valence-electron chi connectivity index (χ0n) is 8.62. The van der Waals surface area contributed by atoms with Crippen LogP contribution >= 0.6 is 0 Å². The molecule has 0 saturated carbocycles. The fraction of sp³-hybridized carbons (Fsp3) is 0.417. The van der Waals surface area contributed by atoms with Crippen molar-refractivity contribution in [1.29, 1.82) is 0 Å². The predicted octanol–water partition coefficient (Wildman–Crippen LogP) is 2.57. The molecule has 2 heteroatoms. The van der Waals surface area contributed by atoms with E-state index in [-0.39, 0.29) is 0 Å². The molecule has 0 unspecified atom stereocenters. The molecule has 1 aromatic carbocycles. The molecule has 0 spiro atoms. The van der Waals surface area contributed by atoms with Crippen molar-refractivity contribution in [1.82, 2.24) is 0 Å². The van der Waals surface area contributed by atoms with Gasteiger partial charge in [-0.05, 0) is 24.1 Å². The molecule has 0 amide bonds. The van der Waals surface area contributed by atoms with E-state index in [1.165, 1.54) is 0 Å². The maximum atomic E-state index is 11.4. The average molecular weight is 191 g/mol. The van der Waals surface area contributed by atoms with E-state index in [1.807, 2.05) is 24.3 Å². The largest absolute Gasteiger partial charge is 0.399 e. The first kappa shape index (κ1) is 10.8. The highest BCUT2D eigenvalue weighted by Crippen LogP contribution is 2.08. The molecule has 14 heavy (non-hydrogen) atoms. The number of hydrogen-bond donors (Lipinski definition) is 1. The van der Waals surface area contributed by atoms with E-state index < -0.39 is 0 Å². The van der Waals surface area contributed by atoms with Crippen LogP contribution < -0.4 is 5.73 Å². The number of anilines is 1. The van der Waals surface area contributed by atoms with Crippen molar-refractivity contribution in [3.05, 3.63) is 29.8 Å². The second kappa shape index (κ2) is 5.43. The fourth-order valence-corrected chi connectivity index (χ4v) is 1.33. The number of ketones is 1. The van der Waals surface area contributed by atoms with Crippen molar-refractivity contribution in [2.75, 3.05) is 5.73 Å². The van der Waals surface area contributed by atoms with Crippen LogP contribution in [0.3, 0.4) is 0 Å². The fourth-order valence-electron chi connectivity index (χ4n) is 1.33. The van der Waals surface area contributed by atoms with E-state index in [0.717, 1.165) is 24.1 Å². The molecule has 0 saturated heterocycles. The highest BCUT2D eigenvalue weighted by Gasteiger charge is 2.02. The quantitative estimate of drug-likeness (QED) is 0.727. The van der Waals surface area contributed by atoms with Crippen LogP contribution in [0.2, 0.25) is 0 Å². The Morgan fingerprint density at radius 2 is 1.93 bits per heavy atom. The van der Waals surface area contributed by atoms with Gasteiger partial charge in [0.1, 0.15) is 5.78 Å². The van der Waals surface area contributed by atoms with Crippen molar-refractivity contribution >= 4 is 11.5 Å². The summed E-state index contributed by atoms with van der Waals surface area (Å²) < 4.78 is 0. The van der Waals surface area contributed by atoms with Crippen LogP contribution in [0.25, 0.3) is 0 Å². The third kappa shape index (κ3) is 3.60. The molecule has 0 bridgehead atoms. The predicted molar refractivity (Wildman–Crippen MR) is 59.1 cm³/mol. The lowest BCUT2D eigenvalue weighted by atomic mass is 10.0. The summed E-state index contributed by atoms with van der Waals surface area (Å²) in [6.07, 6.45) is 3.31. The summed E-state index contributed by atoms with van der Waals surface area (Å²) in [6.45, 7) is 2.09. The molecular formula is C12H17NO. The molecule has 2 nitrogen and oxygen atoms in total. The Bertz CT molecular complexity index is 290. The third-order valence-electron chi connectivity index (χ3n) is 2.19. The van der Waals surface area contributed by atoms with Crippen LogP contribution in [0, 0.1) is 0 Å². The molecule has 2 N–H and O–H groups in total. The Morgan fingerprint density at radius 3 is 2.50 bits per heavy atom. The van der Waals surface area contributed by atoms with E-state index in [1.54, 1.807) is 0 Å². The van der Waals surface area contributed by atoms with Crippen molar-refractivity contribution in [3.8, 4) is 0 Å². The van der Waals surface area contributed by atoms with Gasteiger partial charge in [0.15, 0.2) is 0 Å². The topological polar surface area (TPSA) is 43.1 Å². The number of carbonyl (C=O) groups excluding carboxylic acids is 1. The molecule has 0 atom stereocenters. The first-order valence-electron chi connectivity index (χ1n) is 5.08. The van der Waals surface area contributed by atoms with Gasteiger partial charge in [-0.25, -0.2) is 0 Å². The summed E-state index contributed by atoms with van der Waals surface area (Å²) in [5.41, 5.74) is 7.35. The minimum absolute atomic E-state index is 0.316. The van der Waals surface area contributed by atoms with E-state index in [4.69, 9.17) is 5.73 Å². The zero-order valence-corrected chi connectivity index (χ0v) is 8.62. The minimum atomic E-state index is 0.316. The highest BCUT2D eigenvalue weighted by atomic mass is 16.1. The molecule has 0 aromatic heterocycles. The standard InChI is InChI=1S/C12H17NO/c1-2-3-4-12(14)9-10-5-7-11(13)8-6-10/h5-8H,2-4,9,13H2,1H3. The van der Waals surface area contributed by atoms with Crippen molar-refractivity contribution in [2.45, 2.75) is 32.6 Å². The van der Waals surface area contributed by atoms with Crippen LogP contribution in [-0.4, -0.2) is 5.78 Å². The van der Waals surface area contributed by atoms with Gasteiger partial charge in [0.05, 0.1) is 0 Å². The van der Waals surface area contributed by atoms with Crippen LogP contribution in [0.1, 0.15) is 31.7 Å². The van der Waals surface area contributed by atoms with Gasteiger partial charge < -0.3 is 5.73 Å². The number of nitrogen functional groups attached to an aromatic ring is 1. The molecule has 0 fully saturated rings. The Kier molecular flexibility index (Phi) is 4.17. The monoisotopic (exact) mass is 191 g/mol. The van der Waals surface area contributed by atoms with Gasteiger partial charge in [0.2, 0.25) is 0 Å². The van der Waals surface area contributed by atoms with Gasteiger partial charge in [-0.15, -0.1) is 0 Å². The molecular weight excluding hydrogens is 174 g/mol. The average Bonchev–Trinajstić information content (AvgIpc) is 2.18. The zero-order chi connectivity index (χ0) is 10.4. The lowest BCUT2D eigenvalue weighted by Crippen LogP contribution is -2.02. The van der Waals surface area contributed by atoms with Crippen LogP contribution in [-0.2, 0) is 11.2 Å².